The van der Waals surface area contributed by atoms with Crippen molar-refractivity contribution in [3.63, 3.8) is 0 Å². The second-order valence-electron chi connectivity index (χ2n) is 6.99. The molecule has 1 aliphatic rings. The molecule has 0 amide bonds. The molecule has 3 aromatic heterocycles. The van der Waals surface area contributed by atoms with Gasteiger partial charge in [-0.05, 0) is 7.05 Å². The molecular formula is C18H22F2N8. The van der Waals surface area contributed by atoms with Crippen LogP contribution in [-0.4, -0.2) is 69.9 Å². The molecule has 0 aromatic carbocycles. The standard InChI is InChI=1S/C18H22F2N8/c1-18(19,20)17-22-5-4-15(24-17)28-13-10-14(21-2)23-11-12(13)16(25-28)27-8-6-26(3)7-9-27/h4-5,10-11H,6-9H2,1-3H3,(H,21,23). The van der Waals surface area contributed by atoms with E-state index in [2.05, 4.69) is 37.1 Å². The van der Waals surface area contributed by atoms with Crippen LogP contribution in [0.1, 0.15) is 12.7 Å². The lowest BCUT2D eigenvalue weighted by atomic mass is 10.2. The van der Waals surface area contributed by atoms with Gasteiger partial charge in [-0.15, -0.1) is 5.10 Å². The van der Waals surface area contributed by atoms with Crippen molar-refractivity contribution in [1.29, 1.82) is 0 Å². The first-order valence-corrected chi connectivity index (χ1v) is 9.08. The van der Waals surface area contributed by atoms with E-state index in [1.165, 1.54) is 6.20 Å². The lowest BCUT2D eigenvalue weighted by molar-refractivity contribution is 0.00763. The van der Waals surface area contributed by atoms with Crippen LogP contribution in [0, 0.1) is 0 Å². The number of halogens is 2. The Labute approximate surface area is 161 Å². The lowest BCUT2D eigenvalue weighted by Crippen LogP contribution is -2.44. The van der Waals surface area contributed by atoms with Gasteiger partial charge in [0.15, 0.2) is 11.6 Å². The van der Waals surface area contributed by atoms with Gasteiger partial charge in [0.2, 0.25) is 5.82 Å². The average Bonchev–Trinajstić information content (AvgIpc) is 3.07. The number of piperazine rings is 1. The largest absolute Gasteiger partial charge is 0.373 e. The first kappa shape index (κ1) is 18.5. The number of aromatic nitrogens is 5. The van der Waals surface area contributed by atoms with E-state index in [9.17, 15) is 8.78 Å². The molecule has 148 valence electrons. The van der Waals surface area contributed by atoms with E-state index in [-0.39, 0.29) is 0 Å². The molecule has 0 aliphatic carbocycles. The number of anilines is 2. The molecule has 1 N–H and O–H groups in total. The molecule has 0 spiro atoms. The fourth-order valence-electron chi connectivity index (χ4n) is 3.24. The van der Waals surface area contributed by atoms with Crippen molar-refractivity contribution in [3.05, 3.63) is 30.4 Å². The summed E-state index contributed by atoms with van der Waals surface area (Å²) in [6, 6.07) is 3.42. The van der Waals surface area contributed by atoms with Crippen LogP contribution in [0.3, 0.4) is 0 Å². The van der Waals surface area contributed by atoms with Gasteiger partial charge in [-0.2, -0.15) is 8.78 Å². The zero-order valence-corrected chi connectivity index (χ0v) is 16.0. The van der Waals surface area contributed by atoms with Gasteiger partial charge in [-0.25, -0.2) is 19.6 Å². The summed E-state index contributed by atoms with van der Waals surface area (Å²) < 4.78 is 29.0. The van der Waals surface area contributed by atoms with Crippen LogP contribution < -0.4 is 10.2 Å². The van der Waals surface area contributed by atoms with Gasteiger partial charge in [0.1, 0.15) is 5.82 Å². The minimum Gasteiger partial charge on any atom is -0.373 e. The summed E-state index contributed by atoms with van der Waals surface area (Å²) in [5, 5.41) is 8.58. The first-order chi connectivity index (χ1) is 13.4. The maximum Gasteiger partial charge on any atom is 0.303 e. The van der Waals surface area contributed by atoms with Gasteiger partial charge in [-0.3, -0.25) is 0 Å². The molecule has 3 aromatic rings. The number of alkyl halides is 2. The SMILES string of the molecule is CNc1cc2c(cn1)c(N1CCN(C)CC1)nn2-c1ccnc(C(C)(F)F)n1. The minimum absolute atomic E-state index is 0.296. The zero-order valence-electron chi connectivity index (χ0n) is 16.0. The summed E-state index contributed by atoms with van der Waals surface area (Å²) in [7, 11) is 3.86. The third kappa shape index (κ3) is 3.35. The molecular weight excluding hydrogens is 366 g/mol. The Morgan fingerprint density at radius 2 is 1.89 bits per heavy atom. The third-order valence-electron chi connectivity index (χ3n) is 4.86. The molecule has 0 radical (unpaired) electrons. The topological polar surface area (TPSA) is 75.0 Å². The fraction of sp³-hybridized carbons (Fsp3) is 0.444. The Morgan fingerprint density at radius 3 is 2.57 bits per heavy atom. The number of hydrogen-bond acceptors (Lipinski definition) is 7. The Kier molecular flexibility index (Phi) is 4.58. The van der Waals surface area contributed by atoms with Crippen LogP contribution in [0.25, 0.3) is 16.7 Å². The molecule has 4 rings (SSSR count). The molecule has 28 heavy (non-hydrogen) atoms. The number of fused-ring (bicyclic) bond motifs is 1. The van der Waals surface area contributed by atoms with E-state index in [0.29, 0.717) is 11.6 Å². The van der Waals surface area contributed by atoms with Gasteiger partial charge < -0.3 is 15.1 Å². The number of rotatable bonds is 4. The summed E-state index contributed by atoms with van der Waals surface area (Å²) >= 11 is 0. The second kappa shape index (κ2) is 6.93. The van der Waals surface area contributed by atoms with Crippen molar-refractivity contribution in [2.75, 3.05) is 50.5 Å². The molecule has 0 unspecified atom stereocenters. The average molecular weight is 388 g/mol. The summed E-state index contributed by atoms with van der Waals surface area (Å²) in [6.07, 6.45) is 3.09. The van der Waals surface area contributed by atoms with Gasteiger partial charge in [0, 0.05) is 64.7 Å². The predicted octanol–water partition coefficient (Wildman–Crippen LogP) is 2.12. The summed E-state index contributed by atoms with van der Waals surface area (Å²) in [6.45, 7) is 4.30. The maximum atomic E-state index is 13.7. The predicted molar refractivity (Wildman–Crippen MR) is 103 cm³/mol. The van der Waals surface area contributed by atoms with Crippen LogP contribution in [0.15, 0.2) is 24.5 Å². The third-order valence-corrected chi connectivity index (χ3v) is 4.86. The highest BCUT2D eigenvalue weighted by Gasteiger charge is 2.29. The molecule has 4 heterocycles. The highest BCUT2D eigenvalue weighted by molar-refractivity contribution is 5.92. The summed E-state index contributed by atoms with van der Waals surface area (Å²) in [5.41, 5.74) is 0.748. The highest BCUT2D eigenvalue weighted by Crippen LogP contribution is 2.30. The van der Waals surface area contributed by atoms with Crippen molar-refractivity contribution in [3.8, 4) is 5.82 Å². The van der Waals surface area contributed by atoms with Gasteiger partial charge in [-0.1, -0.05) is 0 Å². The number of likely N-dealkylation sites (N-methyl/N-ethyl adjacent to an activating group) is 1. The zero-order chi connectivity index (χ0) is 19.9. The highest BCUT2D eigenvalue weighted by atomic mass is 19.3. The quantitative estimate of drug-likeness (QED) is 0.734. The molecule has 1 saturated heterocycles. The Hall–Kier alpha value is -2.88. The van der Waals surface area contributed by atoms with Crippen LogP contribution in [0.2, 0.25) is 0 Å². The first-order valence-electron chi connectivity index (χ1n) is 9.08. The molecule has 1 aliphatic heterocycles. The molecule has 10 heteroatoms. The van der Waals surface area contributed by atoms with Gasteiger partial charge in [0.05, 0.1) is 10.9 Å². The normalized spacial score (nSPS) is 16.0. The number of nitrogens with zero attached hydrogens (tertiary/aromatic N) is 7. The Balaban J connectivity index is 1.86. The van der Waals surface area contributed by atoms with Crippen molar-refractivity contribution >= 4 is 22.5 Å². The monoisotopic (exact) mass is 388 g/mol. The molecule has 0 saturated carbocycles. The van der Waals surface area contributed by atoms with Gasteiger partial charge in [0.25, 0.3) is 0 Å². The number of nitrogens with one attached hydrogen (secondary N) is 1. The van der Waals surface area contributed by atoms with Crippen LogP contribution in [-0.2, 0) is 5.92 Å². The van der Waals surface area contributed by atoms with Crippen molar-refractivity contribution < 1.29 is 8.78 Å². The van der Waals surface area contributed by atoms with Crippen LogP contribution in [0.5, 0.6) is 0 Å². The summed E-state index contributed by atoms with van der Waals surface area (Å²) in [4.78, 5) is 16.6. The maximum absolute atomic E-state index is 13.7. The fourth-order valence-corrected chi connectivity index (χ4v) is 3.24. The minimum atomic E-state index is -3.13. The number of pyridine rings is 1. The van der Waals surface area contributed by atoms with E-state index >= 15 is 0 Å². The van der Waals surface area contributed by atoms with E-state index in [1.54, 1.807) is 24.0 Å². The van der Waals surface area contributed by atoms with Crippen molar-refractivity contribution in [2.24, 2.45) is 0 Å². The van der Waals surface area contributed by atoms with Crippen molar-refractivity contribution in [2.45, 2.75) is 12.8 Å². The number of hydrogen-bond donors (Lipinski definition) is 1. The Morgan fingerprint density at radius 1 is 1.14 bits per heavy atom. The molecule has 1 fully saturated rings. The second-order valence-corrected chi connectivity index (χ2v) is 6.99. The molecule has 0 atom stereocenters. The van der Waals surface area contributed by atoms with Crippen LogP contribution >= 0.6 is 0 Å². The smallest absolute Gasteiger partial charge is 0.303 e. The van der Waals surface area contributed by atoms with E-state index in [0.717, 1.165) is 49.8 Å². The van der Waals surface area contributed by atoms with E-state index in [1.807, 2.05) is 6.07 Å². The van der Waals surface area contributed by atoms with Crippen molar-refractivity contribution in [1.82, 2.24) is 29.6 Å². The lowest BCUT2D eigenvalue weighted by Gasteiger charge is -2.32. The van der Waals surface area contributed by atoms with Crippen LogP contribution in [0.4, 0.5) is 20.4 Å². The van der Waals surface area contributed by atoms with E-state index < -0.39 is 11.7 Å². The summed E-state index contributed by atoms with van der Waals surface area (Å²) in [5.74, 6) is -1.92. The van der Waals surface area contributed by atoms with E-state index in [4.69, 9.17) is 5.10 Å². The molecule has 0 bridgehead atoms. The van der Waals surface area contributed by atoms with Gasteiger partial charge >= 0.3 is 5.92 Å². The molecule has 8 nitrogen and oxygen atoms in total. The Bertz CT molecular complexity index is 989.